The summed E-state index contributed by atoms with van der Waals surface area (Å²) >= 11 is 5.76. The smallest absolute Gasteiger partial charge is 0.340 e. The highest BCUT2D eigenvalue weighted by Gasteiger charge is 2.24. The zero-order chi connectivity index (χ0) is 10.8. The highest BCUT2D eigenvalue weighted by Crippen LogP contribution is 2.20. The van der Waals surface area contributed by atoms with Gasteiger partial charge in [-0.1, -0.05) is 11.6 Å². The number of halogens is 1. The molecule has 0 atom stereocenters. The summed E-state index contributed by atoms with van der Waals surface area (Å²) in [6.45, 7) is 0.901. The van der Waals surface area contributed by atoms with Crippen molar-refractivity contribution in [3.8, 4) is 0 Å². The van der Waals surface area contributed by atoms with E-state index in [0.29, 0.717) is 29.5 Å². The van der Waals surface area contributed by atoms with Gasteiger partial charge in [-0.15, -0.1) is 0 Å². The number of anilines is 1. The Morgan fingerprint density at radius 2 is 2.27 bits per heavy atom. The number of carbonyl (C=O) groups excluding carboxylic acids is 1. The van der Waals surface area contributed by atoms with Crippen molar-refractivity contribution in [3.05, 3.63) is 28.8 Å². The van der Waals surface area contributed by atoms with Gasteiger partial charge in [0, 0.05) is 10.7 Å². The van der Waals surface area contributed by atoms with E-state index in [-0.39, 0.29) is 6.10 Å². The number of benzene rings is 1. The van der Waals surface area contributed by atoms with E-state index in [9.17, 15) is 4.79 Å². The average Bonchev–Trinajstić information content (AvgIpc) is 2.15. The zero-order valence-electron chi connectivity index (χ0n) is 7.90. The molecule has 0 aromatic heterocycles. The van der Waals surface area contributed by atoms with Crippen molar-refractivity contribution >= 4 is 23.3 Å². The minimum atomic E-state index is -0.455. The van der Waals surface area contributed by atoms with Gasteiger partial charge in [-0.25, -0.2) is 4.79 Å². The van der Waals surface area contributed by atoms with Gasteiger partial charge in [0.05, 0.1) is 18.8 Å². The fourth-order valence-corrected chi connectivity index (χ4v) is 1.37. The van der Waals surface area contributed by atoms with Crippen molar-refractivity contribution in [3.63, 3.8) is 0 Å². The lowest BCUT2D eigenvalue weighted by Crippen LogP contribution is -2.37. The van der Waals surface area contributed by atoms with Gasteiger partial charge in [-0.2, -0.15) is 0 Å². The van der Waals surface area contributed by atoms with Gasteiger partial charge < -0.3 is 15.2 Å². The van der Waals surface area contributed by atoms with Crippen LogP contribution < -0.4 is 5.73 Å². The van der Waals surface area contributed by atoms with Crippen molar-refractivity contribution in [1.82, 2.24) is 0 Å². The molecule has 2 N–H and O–H groups in total. The van der Waals surface area contributed by atoms with Crippen LogP contribution in [-0.2, 0) is 9.47 Å². The number of carbonyl (C=O) groups is 1. The topological polar surface area (TPSA) is 61.6 Å². The summed E-state index contributed by atoms with van der Waals surface area (Å²) in [7, 11) is 0. The summed E-state index contributed by atoms with van der Waals surface area (Å²) in [6.07, 6.45) is -0.157. The first-order valence-corrected chi connectivity index (χ1v) is 4.88. The van der Waals surface area contributed by atoms with Gasteiger partial charge in [0.1, 0.15) is 6.10 Å². The Bertz CT molecular complexity index is 390. The summed E-state index contributed by atoms with van der Waals surface area (Å²) in [5.41, 5.74) is 6.30. The van der Waals surface area contributed by atoms with Crippen LogP contribution in [0.1, 0.15) is 10.4 Å². The minimum absolute atomic E-state index is 0.157. The molecule has 2 rings (SSSR count). The summed E-state index contributed by atoms with van der Waals surface area (Å²) in [5.74, 6) is -0.455. The molecule has 1 aliphatic heterocycles. The number of nitrogen functional groups attached to an aromatic ring is 1. The molecular formula is C10H10ClNO3. The van der Waals surface area contributed by atoms with E-state index in [4.69, 9.17) is 26.8 Å². The molecule has 1 heterocycles. The maximum Gasteiger partial charge on any atom is 0.340 e. The van der Waals surface area contributed by atoms with Crippen LogP contribution in [0.4, 0.5) is 5.69 Å². The Hall–Kier alpha value is -1.26. The van der Waals surface area contributed by atoms with Crippen LogP contribution in [0.25, 0.3) is 0 Å². The maximum absolute atomic E-state index is 11.6. The molecule has 0 saturated carbocycles. The number of ether oxygens (including phenoxy) is 2. The molecule has 0 spiro atoms. The van der Waals surface area contributed by atoms with Gasteiger partial charge in [-0.05, 0) is 18.2 Å². The highest BCUT2D eigenvalue weighted by atomic mass is 35.5. The lowest BCUT2D eigenvalue weighted by atomic mass is 10.2. The van der Waals surface area contributed by atoms with Gasteiger partial charge in [0.25, 0.3) is 0 Å². The summed E-state index contributed by atoms with van der Waals surface area (Å²) in [4.78, 5) is 11.6. The van der Waals surface area contributed by atoms with Gasteiger partial charge in [0.2, 0.25) is 0 Å². The monoisotopic (exact) mass is 227 g/mol. The molecule has 0 aliphatic carbocycles. The lowest BCUT2D eigenvalue weighted by molar-refractivity contribution is -0.103. The molecule has 1 fully saturated rings. The normalized spacial score (nSPS) is 15.8. The van der Waals surface area contributed by atoms with E-state index in [2.05, 4.69) is 0 Å². The molecule has 1 aliphatic rings. The zero-order valence-corrected chi connectivity index (χ0v) is 8.66. The van der Waals surface area contributed by atoms with E-state index in [0.717, 1.165) is 0 Å². The first-order valence-electron chi connectivity index (χ1n) is 4.50. The largest absolute Gasteiger partial charge is 0.454 e. The van der Waals surface area contributed by atoms with Gasteiger partial charge in [-0.3, -0.25) is 0 Å². The van der Waals surface area contributed by atoms with E-state index in [1.165, 1.54) is 6.07 Å². The first-order chi connectivity index (χ1) is 7.16. The Kier molecular flexibility index (Phi) is 2.79. The fraction of sp³-hybridized carbons (Fsp3) is 0.300. The van der Waals surface area contributed by atoms with Crippen molar-refractivity contribution in [2.75, 3.05) is 18.9 Å². The van der Waals surface area contributed by atoms with Crippen LogP contribution >= 0.6 is 11.6 Å². The Balaban J connectivity index is 2.12. The Morgan fingerprint density at radius 3 is 2.87 bits per heavy atom. The molecule has 5 heteroatoms. The molecule has 80 valence electrons. The first kappa shape index (κ1) is 10.3. The third-order valence-corrected chi connectivity index (χ3v) is 2.35. The van der Waals surface area contributed by atoms with Crippen molar-refractivity contribution in [2.45, 2.75) is 6.10 Å². The molecule has 0 amide bonds. The average molecular weight is 228 g/mol. The standard InChI is InChI=1S/C10H10ClNO3/c11-6-1-2-9(12)8(3-6)10(13)15-7-4-14-5-7/h1-3,7H,4-5,12H2. The molecule has 0 radical (unpaired) electrons. The lowest BCUT2D eigenvalue weighted by Gasteiger charge is -2.25. The highest BCUT2D eigenvalue weighted by molar-refractivity contribution is 6.31. The number of rotatable bonds is 2. The number of hydrogen-bond donors (Lipinski definition) is 1. The van der Waals surface area contributed by atoms with Crippen LogP contribution in [0.2, 0.25) is 5.02 Å². The van der Waals surface area contributed by atoms with Crippen LogP contribution in [0.5, 0.6) is 0 Å². The van der Waals surface area contributed by atoms with Crippen LogP contribution in [-0.4, -0.2) is 25.3 Å². The molecule has 4 nitrogen and oxygen atoms in total. The minimum Gasteiger partial charge on any atom is -0.454 e. The third-order valence-electron chi connectivity index (χ3n) is 2.12. The molecule has 0 unspecified atom stereocenters. The van der Waals surface area contributed by atoms with E-state index < -0.39 is 5.97 Å². The molecule has 1 aromatic rings. The summed E-state index contributed by atoms with van der Waals surface area (Å²) in [6, 6.07) is 4.70. The van der Waals surface area contributed by atoms with Crippen molar-refractivity contribution in [1.29, 1.82) is 0 Å². The van der Waals surface area contributed by atoms with E-state index in [1.807, 2.05) is 0 Å². The maximum atomic E-state index is 11.6. The number of nitrogens with two attached hydrogens (primary N) is 1. The van der Waals surface area contributed by atoms with Crippen LogP contribution in [0.3, 0.4) is 0 Å². The number of hydrogen-bond acceptors (Lipinski definition) is 4. The second-order valence-electron chi connectivity index (χ2n) is 3.30. The van der Waals surface area contributed by atoms with Crippen molar-refractivity contribution < 1.29 is 14.3 Å². The van der Waals surface area contributed by atoms with Crippen molar-refractivity contribution in [2.24, 2.45) is 0 Å². The molecule has 1 aromatic carbocycles. The van der Waals surface area contributed by atoms with Gasteiger partial charge in [0.15, 0.2) is 0 Å². The second-order valence-corrected chi connectivity index (χ2v) is 3.73. The Morgan fingerprint density at radius 1 is 1.53 bits per heavy atom. The molecular weight excluding hydrogens is 218 g/mol. The molecule has 0 bridgehead atoms. The van der Waals surface area contributed by atoms with E-state index in [1.54, 1.807) is 12.1 Å². The van der Waals surface area contributed by atoms with Gasteiger partial charge >= 0.3 is 5.97 Å². The predicted molar refractivity (Wildman–Crippen MR) is 55.9 cm³/mol. The SMILES string of the molecule is Nc1ccc(Cl)cc1C(=O)OC1COC1. The molecule has 1 saturated heterocycles. The van der Waals surface area contributed by atoms with Crippen LogP contribution in [0.15, 0.2) is 18.2 Å². The quantitative estimate of drug-likeness (QED) is 0.614. The molecule has 15 heavy (non-hydrogen) atoms. The third kappa shape index (κ3) is 2.22. The summed E-state index contributed by atoms with van der Waals surface area (Å²) < 4.78 is 10.00. The van der Waals surface area contributed by atoms with E-state index >= 15 is 0 Å². The Labute approximate surface area is 91.9 Å². The predicted octanol–water partition coefficient (Wildman–Crippen LogP) is 1.48. The fourth-order valence-electron chi connectivity index (χ4n) is 1.20. The number of esters is 1. The van der Waals surface area contributed by atoms with Crippen LogP contribution in [0, 0.1) is 0 Å². The second kappa shape index (κ2) is 4.08. The summed E-state index contributed by atoms with van der Waals surface area (Å²) in [5, 5.41) is 0.459.